The summed E-state index contributed by atoms with van der Waals surface area (Å²) in [5, 5.41) is 9.07. The van der Waals surface area contributed by atoms with Gasteiger partial charge in [-0.2, -0.15) is 0 Å². The molecule has 0 aliphatic heterocycles. The smallest absolute Gasteiger partial charge is 0.338 e. The third-order valence-electron chi connectivity index (χ3n) is 3.40. The van der Waals surface area contributed by atoms with E-state index in [1.807, 2.05) is 0 Å². The highest BCUT2D eigenvalue weighted by molar-refractivity contribution is 6.32. The maximum atomic E-state index is 10.9. The second-order valence-corrected chi connectivity index (χ2v) is 4.96. The van der Waals surface area contributed by atoms with Crippen LogP contribution in [-0.2, 0) is 12.8 Å². The van der Waals surface area contributed by atoms with Crippen LogP contribution in [0.4, 0.5) is 0 Å². The van der Waals surface area contributed by atoms with Gasteiger partial charge in [-0.1, -0.05) is 25.4 Å². The number of aromatic nitrogens is 1. The van der Waals surface area contributed by atoms with Crippen LogP contribution in [0.15, 0.2) is 6.07 Å². The van der Waals surface area contributed by atoms with Gasteiger partial charge >= 0.3 is 5.97 Å². The predicted molar refractivity (Wildman–Crippen MR) is 61.9 cm³/mol. The van der Waals surface area contributed by atoms with Gasteiger partial charge in [-0.25, -0.2) is 9.78 Å². The van der Waals surface area contributed by atoms with Crippen LogP contribution >= 0.6 is 11.6 Å². The standard InChI is InChI=1S/C12H14ClNO2/c1-6-3-8-5-9(12(15)16)11(13)14-10(8)4-7(6)2/h5-7H,3-4H2,1-2H3,(H,15,16). The minimum atomic E-state index is -1.01. The lowest BCUT2D eigenvalue weighted by Crippen LogP contribution is -2.22. The molecular formula is C12H14ClNO2. The molecule has 2 unspecified atom stereocenters. The molecule has 4 heteroatoms. The highest BCUT2D eigenvalue weighted by atomic mass is 35.5. The molecule has 1 heterocycles. The molecule has 0 fully saturated rings. The van der Waals surface area contributed by atoms with E-state index in [-0.39, 0.29) is 10.7 Å². The minimum absolute atomic E-state index is 0.105. The van der Waals surface area contributed by atoms with Crippen molar-refractivity contribution in [2.45, 2.75) is 26.7 Å². The molecule has 2 atom stereocenters. The number of hydrogen-bond acceptors (Lipinski definition) is 2. The van der Waals surface area contributed by atoms with Crippen LogP contribution in [0.25, 0.3) is 0 Å². The molecule has 0 spiro atoms. The Bertz CT molecular complexity index is 445. The fourth-order valence-electron chi connectivity index (χ4n) is 2.13. The number of aromatic carboxylic acids is 1. The van der Waals surface area contributed by atoms with Crippen LogP contribution < -0.4 is 0 Å². The van der Waals surface area contributed by atoms with Gasteiger partial charge in [0.25, 0.3) is 0 Å². The van der Waals surface area contributed by atoms with Crippen molar-refractivity contribution in [3.63, 3.8) is 0 Å². The van der Waals surface area contributed by atoms with E-state index in [9.17, 15) is 4.79 Å². The first-order chi connectivity index (χ1) is 7.49. The molecule has 2 rings (SSSR count). The largest absolute Gasteiger partial charge is 0.478 e. The molecule has 1 aromatic heterocycles. The summed E-state index contributed by atoms with van der Waals surface area (Å²) < 4.78 is 0. The van der Waals surface area contributed by atoms with Gasteiger partial charge in [-0.15, -0.1) is 0 Å². The molecule has 1 aliphatic carbocycles. The zero-order chi connectivity index (χ0) is 11.9. The quantitative estimate of drug-likeness (QED) is 0.767. The lowest BCUT2D eigenvalue weighted by molar-refractivity contribution is 0.0696. The lowest BCUT2D eigenvalue weighted by Gasteiger charge is -2.27. The summed E-state index contributed by atoms with van der Waals surface area (Å²) in [5.41, 5.74) is 2.11. The number of carboxylic acid groups (broad SMARTS) is 1. The van der Waals surface area contributed by atoms with Crippen molar-refractivity contribution >= 4 is 17.6 Å². The number of carbonyl (C=O) groups is 1. The summed E-state index contributed by atoms with van der Waals surface area (Å²) >= 11 is 5.85. The first kappa shape index (κ1) is 11.4. The summed E-state index contributed by atoms with van der Waals surface area (Å²) in [5.74, 6) is 0.135. The van der Waals surface area contributed by atoms with E-state index in [0.29, 0.717) is 11.8 Å². The average Bonchev–Trinajstić information content (AvgIpc) is 2.19. The topological polar surface area (TPSA) is 50.2 Å². The molecule has 0 saturated heterocycles. The zero-order valence-electron chi connectivity index (χ0n) is 9.33. The molecule has 0 amide bonds. The fraction of sp³-hybridized carbons (Fsp3) is 0.500. The Morgan fingerprint density at radius 1 is 1.44 bits per heavy atom. The maximum absolute atomic E-state index is 10.9. The van der Waals surface area contributed by atoms with Gasteiger partial charge < -0.3 is 5.11 Å². The van der Waals surface area contributed by atoms with Gasteiger partial charge in [0.05, 0.1) is 5.56 Å². The Morgan fingerprint density at radius 3 is 2.69 bits per heavy atom. The SMILES string of the molecule is CC1Cc2cc(C(=O)O)c(Cl)nc2CC1C. The molecule has 0 saturated carbocycles. The van der Waals surface area contributed by atoms with E-state index >= 15 is 0 Å². The summed E-state index contributed by atoms with van der Waals surface area (Å²) in [4.78, 5) is 15.1. The van der Waals surface area contributed by atoms with Gasteiger partial charge in [0.2, 0.25) is 0 Å². The lowest BCUT2D eigenvalue weighted by atomic mass is 9.80. The van der Waals surface area contributed by atoms with Gasteiger partial charge in [0.1, 0.15) is 5.15 Å². The van der Waals surface area contributed by atoms with E-state index in [0.717, 1.165) is 24.1 Å². The van der Waals surface area contributed by atoms with E-state index in [1.165, 1.54) is 0 Å². The fourth-order valence-corrected chi connectivity index (χ4v) is 2.36. The molecule has 1 aliphatic rings. The molecule has 3 nitrogen and oxygen atoms in total. The van der Waals surface area contributed by atoms with Gasteiger partial charge in [-0.05, 0) is 36.3 Å². The van der Waals surface area contributed by atoms with Crippen molar-refractivity contribution in [3.8, 4) is 0 Å². The van der Waals surface area contributed by atoms with Crippen LogP contribution in [-0.4, -0.2) is 16.1 Å². The van der Waals surface area contributed by atoms with Crippen molar-refractivity contribution in [1.82, 2.24) is 4.98 Å². The van der Waals surface area contributed by atoms with Crippen molar-refractivity contribution in [2.75, 3.05) is 0 Å². The van der Waals surface area contributed by atoms with Gasteiger partial charge in [-0.3, -0.25) is 0 Å². The Hall–Kier alpha value is -1.09. The van der Waals surface area contributed by atoms with Crippen LogP contribution in [0.3, 0.4) is 0 Å². The van der Waals surface area contributed by atoms with Gasteiger partial charge in [0, 0.05) is 5.69 Å². The van der Waals surface area contributed by atoms with Crippen molar-refractivity contribution in [2.24, 2.45) is 11.8 Å². The molecule has 0 radical (unpaired) electrons. The Morgan fingerprint density at radius 2 is 2.06 bits per heavy atom. The van der Waals surface area contributed by atoms with E-state index < -0.39 is 5.97 Å². The summed E-state index contributed by atoms with van der Waals surface area (Å²) in [6.07, 6.45) is 1.77. The molecular weight excluding hydrogens is 226 g/mol. The second-order valence-electron chi connectivity index (χ2n) is 4.60. The average molecular weight is 240 g/mol. The highest BCUT2D eigenvalue weighted by Gasteiger charge is 2.25. The Balaban J connectivity index is 2.46. The normalized spacial score (nSPS) is 23.9. The summed E-state index contributed by atoms with van der Waals surface area (Å²) in [6.45, 7) is 4.37. The van der Waals surface area contributed by atoms with Crippen molar-refractivity contribution < 1.29 is 9.90 Å². The van der Waals surface area contributed by atoms with E-state index in [2.05, 4.69) is 18.8 Å². The number of halogens is 1. The summed E-state index contributed by atoms with van der Waals surface area (Å²) in [6, 6.07) is 1.68. The number of carboxylic acids is 1. The minimum Gasteiger partial charge on any atom is -0.478 e. The Labute approximate surface area is 99.5 Å². The number of fused-ring (bicyclic) bond motifs is 1. The number of nitrogens with zero attached hydrogens (tertiary/aromatic N) is 1. The second kappa shape index (κ2) is 4.06. The van der Waals surface area contributed by atoms with Crippen LogP contribution in [0.2, 0.25) is 5.15 Å². The van der Waals surface area contributed by atoms with E-state index in [4.69, 9.17) is 16.7 Å². The van der Waals surface area contributed by atoms with Gasteiger partial charge in [0.15, 0.2) is 0 Å². The molecule has 0 aromatic carbocycles. The molecule has 1 aromatic rings. The molecule has 16 heavy (non-hydrogen) atoms. The molecule has 86 valence electrons. The third kappa shape index (κ3) is 1.92. The number of pyridine rings is 1. The van der Waals surface area contributed by atoms with Crippen LogP contribution in [0.1, 0.15) is 35.5 Å². The first-order valence-corrected chi connectivity index (χ1v) is 5.78. The maximum Gasteiger partial charge on any atom is 0.338 e. The number of rotatable bonds is 1. The molecule has 0 bridgehead atoms. The van der Waals surface area contributed by atoms with Crippen molar-refractivity contribution in [1.29, 1.82) is 0 Å². The third-order valence-corrected chi connectivity index (χ3v) is 3.69. The number of hydrogen-bond donors (Lipinski definition) is 1. The van der Waals surface area contributed by atoms with Crippen LogP contribution in [0, 0.1) is 11.8 Å². The monoisotopic (exact) mass is 239 g/mol. The van der Waals surface area contributed by atoms with E-state index in [1.54, 1.807) is 6.07 Å². The Kier molecular flexibility index (Phi) is 2.89. The zero-order valence-corrected chi connectivity index (χ0v) is 10.1. The summed E-state index contributed by atoms with van der Waals surface area (Å²) in [7, 11) is 0. The van der Waals surface area contributed by atoms with Crippen molar-refractivity contribution in [3.05, 3.63) is 28.0 Å². The molecule has 1 N–H and O–H groups in total. The van der Waals surface area contributed by atoms with Crippen LogP contribution in [0.5, 0.6) is 0 Å². The predicted octanol–water partition coefficient (Wildman–Crippen LogP) is 2.80. The first-order valence-electron chi connectivity index (χ1n) is 5.40. The highest BCUT2D eigenvalue weighted by Crippen LogP contribution is 2.30.